The zero-order valence-corrected chi connectivity index (χ0v) is 41.9. The predicted molar refractivity (Wildman–Crippen MR) is 274 cm³/mol. The lowest BCUT2D eigenvalue weighted by molar-refractivity contribution is -0.128. The molecule has 18 heteroatoms. The van der Waals surface area contributed by atoms with Gasteiger partial charge >= 0.3 is 6.09 Å². The molecular formula is C52H57N11O5S2. The van der Waals surface area contributed by atoms with Crippen molar-refractivity contribution in [3.63, 3.8) is 0 Å². The number of carbonyl (C=O) groups excluding carboxylic acids is 3. The van der Waals surface area contributed by atoms with Crippen LogP contribution in [0.1, 0.15) is 103 Å². The highest BCUT2D eigenvalue weighted by atomic mass is 32.1. The van der Waals surface area contributed by atoms with Gasteiger partial charge in [0.2, 0.25) is 5.88 Å². The molecule has 0 aromatic carbocycles. The summed E-state index contributed by atoms with van der Waals surface area (Å²) in [5, 5.41) is 3.75. The van der Waals surface area contributed by atoms with Crippen LogP contribution in [0.2, 0.25) is 0 Å². The Morgan fingerprint density at radius 2 is 1.37 bits per heavy atom. The standard InChI is InChI=1S/C28H32N6O4S.C24H25N5OS/c1-17-11-21(15-31-23(17)29-5)33-24(35)28(9-6-10-28)34(26(33)39)20-7-8-22(30-14-20)37-16-18-12-19(13-18)32-25(36)38-27(2,3)4;1-16-12-20(13-26-21(16)25-3)28-22(30)24(10-5-11-24)29(23(28)31)19-9-8-17(2)27(15-19)14-18-6-4-7-18/h7-8,11,14-15,18-19H,6,9-10,12-13,16H2,1-4H3,(H,32,36);8-9,12-13,15,18H,2,4-7,10-11,14H2,1H3. The first-order valence-corrected chi connectivity index (χ1v) is 24.8. The molecule has 0 atom stereocenters. The van der Waals surface area contributed by atoms with Crippen LogP contribution in [0.25, 0.3) is 9.69 Å². The molecule has 0 bridgehead atoms. The zero-order chi connectivity index (χ0) is 49.7. The average Bonchev–Trinajstić information content (AvgIpc) is 3.65. The van der Waals surface area contributed by atoms with Crippen LogP contribution in [0.4, 0.5) is 33.5 Å². The van der Waals surface area contributed by atoms with Gasteiger partial charge in [0.05, 0.1) is 35.6 Å². The highest BCUT2D eigenvalue weighted by Crippen LogP contribution is 2.50. The summed E-state index contributed by atoms with van der Waals surface area (Å²) in [4.78, 5) is 68.3. The van der Waals surface area contributed by atoms with Gasteiger partial charge in [-0.25, -0.2) is 9.78 Å². The van der Waals surface area contributed by atoms with E-state index >= 15 is 0 Å². The lowest BCUT2D eigenvalue weighted by Crippen LogP contribution is -2.55. The Balaban J connectivity index is 0.000000178. The fourth-order valence-electron chi connectivity index (χ4n) is 10.1. The summed E-state index contributed by atoms with van der Waals surface area (Å²) in [6, 6.07) is 7.38. The normalized spacial score (nSPS) is 22.1. The van der Waals surface area contributed by atoms with Gasteiger partial charge in [0.1, 0.15) is 29.1 Å². The van der Waals surface area contributed by atoms with E-state index in [1.165, 1.54) is 30.4 Å². The fourth-order valence-corrected chi connectivity index (χ4v) is 11.0. The summed E-state index contributed by atoms with van der Waals surface area (Å²) in [7, 11) is 0. The molecule has 4 aliphatic carbocycles. The third-order valence-corrected chi connectivity index (χ3v) is 15.2. The molecule has 6 fully saturated rings. The highest BCUT2D eigenvalue weighted by Gasteiger charge is 2.61. The molecule has 4 saturated carbocycles. The van der Waals surface area contributed by atoms with Crippen LogP contribution in [0, 0.1) is 38.8 Å². The first kappa shape index (κ1) is 48.3. The lowest BCUT2D eigenvalue weighted by Gasteiger charge is -2.44. The third-order valence-electron chi connectivity index (χ3n) is 14.4. The van der Waals surface area contributed by atoms with Crippen LogP contribution in [-0.4, -0.2) is 88.8 Å². The zero-order valence-electron chi connectivity index (χ0n) is 40.2. The number of nitrogens with one attached hydrogen (secondary N) is 1. The monoisotopic (exact) mass is 979 g/mol. The molecule has 2 saturated heterocycles. The number of rotatable bonds is 10. The molecule has 0 radical (unpaired) electrons. The SMILES string of the molecule is [C-]#[N+]c1ncc(N2C(=O)C3(CCC3)N(C3=CN(CC4CCC4)C(=C)C=C3)C2=S)cc1C.[C-]#[N+]c1ncc(N2C(=O)C3(CCC3)N(c3ccc(OCC4CC(NC(=O)OC(C)(C)C)C4)nc3)C2=S)cc1C. The Morgan fingerprint density at radius 3 is 1.84 bits per heavy atom. The number of aryl methyl sites for hydroxylation is 2. The molecule has 1 N–H and O–H groups in total. The van der Waals surface area contributed by atoms with Crippen molar-refractivity contribution in [3.05, 3.63) is 113 Å². The number of anilines is 3. The van der Waals surface area contributed by atoms with Gasteiger partial charge in [-0.2, -0.15) is 0 Å². The van der Waals surface area contributed by atoms with Gasteiger partial charge in [-0.3, -0.25) is 19.4 Å². The van der Waals surface area contributed by atoms with Gasteiger partial charge in [0, 0.05) is 30.5 Å². The lowest BCUT2D eigenvalue weighted by atomic mass is 9.75. The molecule has 7 aliphatic rings. The van der Waals surface area contributed by atoms with E-state index in [0.717, 1.165) is 67.7 Å². The van der Waals surface area contributed by atoms with Crippen molar-refractivity contribution in [1.29, 1.82) is 0 Å². The number of pyridine rings is 3. The molecule has 6 heterocycles. The molecule has 2 spiro atoms. The minimum atomic E-state index is -0.727. The van der Waals surface area contributed by atoms with E-state index in [1.54, 1.807) is 36.4 Å². The van der Waals surface area contributed by atoms with E-state index in [1.807, 2.05) is 61.8 Å². The highest BCUT2D eigenvalue weighted by molar-refractivity contribution is 7.81. The van der Waals surface area contributed by atoms with Crippen molar-refractivity contribution in [1.82, 2.24) is 30.1 Å². The molecule has 3 aromatic heterocycles. The number of amides is 3. The van der Waals surface area contributed by atoms with E-state index in [4.69, 9.17) is 47.1 Å². The molecule has 10 rings (SSSR count). The van der Waals surface area contributed by atoms with Gasteiger partial charge in [-0.15, -0.1) is 9.97 Å². The molecule has 3 amide bonds. The molecule has 0 unspecified atom stereocenters. The minimum absolute atomic E-state index is 0.00440. The number of thiocarbonyl (C=S) groups is 2. The van der Waals surface area contributed by atoms with Crippen LogP contribution in [0.5, 0.6) is 5.88 Å². The Bertz CT molecular complexity index is 2810. The maximum absolute atomic E-state index is 13.6. The number of hydrogen-bond donors (Lipinski definition) is 1. The van der Waals surface area contributed by atoms with Crippen LogP contribution in [0.3, 0.4) is 0 Å². The van der Waals surface area contributed by atoms with Crippen molar-refractivity contribution < 1.29 is 23.9 Å². The first-order valence-electron chi connectivity index (χ1n) is 23.9. The third kappa shape index (κ3) is 8.88. The maximum Gasteiger partial charge on any atom is 0.407 e. The Labute approximate surface area is 420 Å². The molecular weight excluding hydrogens is 923 g/mol. The van der Waals surface area contributed by atoms with Crippen LogP contribution in [0.15, 0.2) is 79.2 Å². The number of nitrogens with zero attached hydrogens (tertiary/aromatic N) is 10. The summed E-state index contributed by atoms with van der Waals surface area (Å²) in [5.41, 5.74) is 3.41. The van der Waals surface area contributed by atoms with Gasteiger partial charge in [0.15, 0.2) is 10.2 Å². The Kier molecular flexibility index (Phi) is 13.0. The van der Waals surface area contributed by atoms with Crippen LogP contribution < -0.4 is 24.8 Å². The van der Waals surface area contributed by atoms with Crippen molar-refractivity contribution >= 4 is 81.3 Å². The quantitative estimate of drug-likeness (QED) is 0.152. The second-order valence-corrected chi connectivity index (χ2v) is 21.1. The van der Waals surface area contributed by atoms with E-state index in [2.05, 4.69) is 47.6 Å². The van der Waals surface area contributed by atoms with Gasteiger partial charge in [-0.05, 0) is 177 Å². The number of allylic oxidation sites excluding steroid dienone is 2. The first-order chi connectivity index (χ1) is 33.4. The number of hydrogen-bond acceptors (Lipinski definition) is 11. The van der Waals surface area contributed by atoms with E-state index in [9.17, 15) is 14.4 Å². The number of alkyl carbamates (subject to hydrolysis) is 1. The van der Waals surface area contributed by atoms with Crippen molar-refractivity contribution in [2.75, 3.05) is 27.9 Å². The van der Waals surface area contributed by atoms with Crippen LogP contribution >= 0.6 is 24.4 Å². The Morgan fingerprint density at radius 1 is 0.814 bits per heavy atom. The van der Waals surface area contributed by atoms with Gasteiger partial charge in [0.25, 0.3) is 23.5 Å². The fraction of sp³-hybridized carbons (Fsp3) is 0.462. The van der Waals surface area contributed by atoms with Crippen LogP contribution in [-0.2, 0) is 14.3 Å². The topological polar surface area (TPSA) is 145 Å². The predicted octanol–water partition coefficient (Wildman–Crippen LogP) is 9.90. The number of aromatic nitrogens is 3. The van der Waals surface area contributed by atoms with Crippen molar-refractivity contribution in [2.24, 2.45) is 11.8 Å². The van der Waals surface area contributed by atoms with E-state index in [-0.39, 0.29) is 17.9 Å². The maximum atomic E-state index is 13.6. The summed E-state index contributed by atoms with van der Waals surface area (Å²) in [5.74, 6) is 2.11. The van der Waals surface area contributed by atoms with Crippen molar-refractivity contribution in [2.45, 2.75) is 128 Å². The summed E-state index contributed by atoms with van der Waals surface area (Å²) in [6.07, 6.45) is 21.0. The van der Waals surface area contributed by atoms with Crippen molar-refractivity contribution in [3.8, 4) is 5.88 Å². The summed E-state index contributed by atoms with van der Waals surface area (Å²) >= 11 is 11.7. The molecule has 3 aliphatic heterocycles. The second-order valence-electron chi connectivity index (χ2n) is 20.4. The minimum Gasteiger partial charge on any atom is -0.477 e. The largest absolute Gasteiger partial charge is 0.477 e. The summed E-state index contributed by atoms with van der Waals surface area (Å²) in [6.45, 7) is 29.3. The van der Waals surface area contributed by atoms with Gasteiger partial charge in [-0.1, -0.05) is 26.1 Å². The van der Waals surface area contributed by atoms with E-state index in [0.29, 0.717) is 76.0 Å². The second kappa shape index (κ2) is 18.9. The molecule has 362 valence electrons. The summed E-state index contributed by atoms with van der Waals surface area (Å²) < 4.78 is 11.2. The van der Waals surface area contributed by atoms with E-state index < -0.39 is 22.8 Å². The smallest absolute Gasteiger partial charge is 0.407 e. The average molecular weight is 980 g/mol. The Hall–Kier alpha value is -6.76. The molecule has 16 nitrogen and oxygen atoms in total. The molecule has 70 heavy (non-hydrogen) atoms. The molecule has 3 aromatic rings. The van der Waals surface area contributed by atoms with Gasteiger partial charge < -0.3 is 39.2 Å². The number of carbonyl (C=O) groups is 3. The number of ether oxygens (including phenoxy) is 2.